The van der Waals surface area contributed by atoms with Crippen LogP contribution in [-0.2, 0) is 11.3 Å². The van der Waals surface area contributed by atoms with Crippen LogP contribution in [0, 0.1) is 5.82 Å². The number of pyridine rings is 1. The molecule has 33 heavy (non-hydrogen) atoms. The maximum absolute atomic E-state index is 13.3. The van der Waals surface area contributed by atoms with Gasteiger partial charge in [-0.15, -0.1) is 0 Å². The van der Waals surface area contributed by atoms with Crippen LogP contribution >= 0.6 is 0 Å². The standard InChI is InChI=1S/C23H21FN6O3/c24-17-6-4-16(5-7-17)21-20-22(33-27-21)26-15-30(23(20)32)10-8-19(31)29-13-11-28(12-14-29)18-3-1-2-9-25-18/h1-7,9,15H,8,10-14H2. The Morgan fingerprint density at radius 2 is 1.82 bits per heavy atom. The first-order valence-electron chi connectivity index (χ1n) is 10.6. The number of aryl methyl sites for hydroxylation is 1. The predicted molar refractivity (Wildman–Crippen MR) is 119 cm³/mol. The number of aromatic nitrogens is 4. The second-order valence-corrected chi connectivity index (χ2v) is 7.77. The number of hydrogen-bond donors (Lipinski definition) is 0. The summed E-state index contributed by atoms with van der Waals surface area (Å²) in [5.74, 6) is 0.495. The molecule has 0 bridgehead atoms. The van der Waals surface area contributed by atoms with Crippen LogP contribution in [-0.4, -0.2) is 56.7 Å². The Labute approximate surface area is 188 Å². The van der Waals surface area contributed by atoms with Gasteiger partial charge in [0.2, 0.25) is 5.91 Å². The molecule has 1 amide bonds. The topological polar surface area (TPSA) is 97.4 Å². The summed E-state index contributed by atoms with van der Waals surface area (Å²) in [5, 5.41) is 4.15. The average Bonchev–Trinajstić information content (AvgIpc) is 3.29. The van der Waals surface area contributed by atoms with Gasteiger partial charge in [-0.05, 0) is 36.4 Å². The van der Waals surface area contributed by atoms with E-state index in [2.05, 4.69) is 20.0 Å². The molecule has 1 aliphatic rings. The van der Waals surface area contributed by atoms with Crippen LogP contribution in [0.25, 0.3) is 22.4 Å². The molecule has 1 saturated heterocycles. The zero-order valence-corrected chi connectivity index (χ0v) is 17.7. The van der Waals surface area contributed by atoms with E-state index >= 15 is 0 Å². The summed E-state index contributed by atoms with van der Waals surface area (Å²) in [5.41, 5.74) is 0.600. The largest absolute Gasteiger partial charge is 0.353 e. The molecule has 1 aromatic carbocycles. The first-order chi connectivity index (χ1) is 16.1. The summed E-state index contributed by atoms with van der Waals surface area (Å²) in [7, 11) is 0. The molecule has 0 unspecified atom stereocenters. The lowest BCUT2D eigenvalue weighted by Crippen LogP contribution is -2.49. The Hall–Kier alpha value is -4.08. The zero-order chi connectivity index (χ0) is 22.8. The minimum Gasteiger partial charge on any atom is -0.353 e. The normalized spacial score (nSPS) is 14.1. The fourth-order valence-corrected chi connectivity index (χ4v) is 3.94. The Balaban J connectivity index is 1.27. The lowest BCUT2D eigenvalue weighted by atomic mass is 10.1. The van der Waals surface area contributed by atoms with Gasteiger partial charge in [0.1, 0.15) is 29.0 Å². The van der Waals surface area contributed by atoms with Crippen molar-refractivity contribution in [3.63, 3.8) is 0 Å². The molecule has 4 heterocycles. The zero-order valence-electron chi connectivity index (χ0n) is 17.7. The summed E-state index contributed by atoms with van der Waals surface area (Å²) >= 11 is 0. The quantitative estimate of drug-likeness (QED) is 0.462. The van der Waals surface area contributed by atoms with E-state index in [1.807, 2.05) is 18.2 Å². The molecule has 10 heteroatoms. The first-order valence-corrected chi connectivity index (χ1v) is 10.6. The summed E-state index contributed by atoms with van der Waals surface area (Å²) < 4.78 is 19.8. The fraction of sp³-hybridized carbons (Fsp3) is 0.261. The minimum atomic E-state index is -0.388. The predicted octanol–water partition coefficient (Wildman–Crippen LogP) is 2.32. The van der Waals surface area contributed by atoms with Crippen molar-refractivity contribution in [2.75, 3.05) is 31.1 Å². The number of amides is 1. The second-order valence-electron chi connectivity index (χ2n) is 7.77. The molecular formula is C23H21FN6O3. The molecule has 4 aromatic rings. The molecule has 1 aliphatic heterocycles. The molecule has 0 aliphatic carbocycles. The van der Waals surface area contributed by atoms with E-state index in [1.54, 1.807) is 11.1 Å². The number of carbonyl (C=O) groups excluding carboxylic acids is 1. The van der Waals surface area contributed by atoms with Crippen molar-refractivity contribution in [2.24, 2.45) is 0 Å². The third kappa shape index (κ3) is 4.19. The van der Waals surface area contributed by atoms with E-state index in [0.717, 1.165) is 5.82 Å². The third-order valence-corrected chi connectivity index (χ3v) is 5.75. The van der Waals surface area contributed by atoms with Crippen molar-refractivity contribution in [3.05, 3.63) is 71.2 Å². The maximum Gasteiger partial charge on any atom is 0.266 e. The molecule has 9 nitrogen and oxygen atoms in total. The number of hydrogen-bond acceptors (Lipinski definition) is 7. The number of halogens is 1. The van der Waals surface area contributed by atoms with Gasteiger partial charge in [0, 0.05) is 50.9 Å². The van der Waals surface area contributed by atoms with Gasteiger partial charge in [0.05, 0.1) is 0 Å². The Morgan fingerprint density at radius 3 is 2.55 bits per heavy atom. The molecule has 5 rings (SSSR count). The monoisotopic (exact) mass is 448 g/mol. The summed E-state index contributed by atoms with van der Waals surface area (Å²) in [6, 6.07) is 11.4. The summed E-state index contributed by atoms with van der Waals surface area (Å²) in [4.78, 5) is 38.3. The highest BCUT2D eigenvalue weighted by molar-refractivity contribution is 5.88. The molecule has 168 valence electrons. The number of benzene rings is 1. The first kappa shape index (κ1) is 20.8. The Bertz CT molecular complexity index is 1330. The van der Waals surface area contributed by atoms with Crippen LogP contribution in [0.5, 0.6) is 0 Å². The molecule has 0 N–H and O–H groups in total. The van der Waals surface area contributed by atoms with E-state index in [-0.39, 0.29) is 41.3 Å². The van der Waals surface area contributed by atoms with Crippen LogP contribution in [0.1, 0.15) is 6.42 Å². The summed E-state index contributed by atoms with van der Waals surface area (Å²) in [6.07, 6.45) is 3.29. The highest BCUT2D eigenvalue weighted by Gasteiger charge is 2.22. The molecule has 1 fully saturated rings. The highest BCUT2D eigenvalue weighted by Crippen LogP contribution is 2.24. The van der Waals surface area contributed by atoms with Crippen molar-refractivity contribution in [1.82, 2.24) is 24.6 Å². The minimum absolute atomic E-state index is 0.0215. The van der Waals surface area contributed by atoms with Gasteiger partial charge in [-0.3, -0.25) is 14.2 Å². The van der Waals surface area contributed by atoms with E-state index in [9.17, 15) is 14.0 Å². The lowest BCUT2D eigenvalue weighted by Gasteiger charge is -2.35. The van der Waals surface area contributed by atoms with Gasteiger partial charge in [-0.2, -0.15) is 0 Å². The highest BCUT2D eigenvalue weighted by atomic mass is 19.1. The molecule has 0 atom stereocenters. The van der Waals surface area contributed by atoms with Crippen LogP contribution < -0.4 is 10.5 Å². The van der Waals surface area contributed by atoms with Crippen molar-refractivity contribution in [1.29, 1.82) is 0 Å². The van der Waals surface area contributed by atoms with Gasteiger partial charge in [-0.1, -0.05) is 11.2 Å². The van der Waals surface area contributed by atoms with E-state index < -0.39 is 0 Å². The molecular weight excluding hydrogens is 427 g/mol. The van der Waals surface area contributed by atoms with E-state index in [1.165, 1.54) is 35.2 Å². The molecule has 0 saturated carbocycles. The van der Waals surface area contributed by atoms with Crippen LogP contribution in [0.2, 0.25) is 0 Å². The van der Waals surface area contributed by atoms with Gasteiger partial charge >= 0.3 is 0 Å². The molecule has 0 spiro atoms. The van der Waals surface area contributed by atoms with Crippen molar-refractivity contribution < 1.29 is 13.7 Å². The smallest absolute Gasteiger partial charge is 0.266 e. The average molecular weight is 448 g/mol. The third-order valence-electron chi connectivity index (χ3n) is 5.75. The Morgan fingerprint density at radius 1 is 1.03 bits per heavy atom. The van der Waals surface area contributed by atoms with Gasteiger partial charge in [0.15, 0.2) is 0 Å². The molecule has 3 aromatic heterocycles. The van der Waals surface area contributed by atoms with Crippen molar-refractivity contribution in [3.8, 4) is 11.3 Å². The van der Waals surface area contributed by atoms with Crippen molar-refractivity contribution >= 4 is 22.8 Å². The van der Waals surface area contributed by atoms with E-state index in [4.69, 9.17) is 4.52 Å². The number of nitrogens with zero attached hydrogens (tertiary/aromatic N) is 6. The van der Waals surface area contributed by atoms with Gasteiger partial charge < -0.3 is 14.3 Å². The SMILES string of the molecule is O=C(CCn1cnc2onc(-c3ccc(F)cc3)c2c1=O)N1CCN(c2ccccn2)CC1. The van der Waals surface area contributed by atoms with Crippen molar-refractivity contribution in [2.45, 2.75) is 13.0 Å². The van der Waals surface area contributed by atoms with Crippen LogP contribution in [0.15, 0.2) is 64.3 Å². The number of fused-ring (bicyclic) bond motifs is 1. The molecule has 0 radical (unpaired) electrons. The van der Waals surface area contributed by atoms with Gasteiger partial charge in [0.25, 0.3) is 11.3 Å². The maximum atomic E-state index is 13.3. The van der Waals surface area contributed by atoms with Crippen LogP contribution in [0.4, 0.5) is 10.2 Å². The lowest BCUT2D eigenvalue weighted by molar-refractivity contribution is -0.131. The number of carbonyl (C=O) groups is 1. The number of piperazine rings is 1. The second kappa shape index (κ2) is 8.81. The number of rotatable bonds is 5. The Kier molecular flexibility index (Phi) is 5.55. The van der Waals surface area contributed by atoms with E-state index in [0.29, 0.717) is 37.4 Å². The van der Waals surface area contributed by atoms with Crippen LogP contribution in [0.3, 0.4) is 0 Å². The van der Waals surface area contributed by atoms with Gasteiger partial charge in [-0.25, -0.2) is 14.4 Å². The summed E-state index contributed by atoms with van der Waals surface area (Å²) in [6.45, 7) is 2.80. The fourth-order valence-electron chi connectivity index (χ4n) is 3.94. The number of anilines is 1.